The van der Waals surface area contributed by atoms with E-state index < -0.39 is 5.82 Å². The molecular weight excluding hydrogens is 257 g/mol. The number of nitrogens with zero attached hydrogens (tertiary/aromatic N) is 2. The van der Waals surface area contributed by atoms with E-state index in [0.717, 1.165) is 19.5 Å². The summed E-state index contributed by atoms with van der Waals surface area (Å²) >= 11 is 0. The van der Waals surface area contributed by atoms with Gasteiger partial charge in [-0.1, -0.05) is 6.92 Å². The smallest absolute Gasteiger partial charge is 0.253 e. The Labute approximate surface area is 119 Å². The highest BCUT2D eigenvalue weighted by molar-refractivity contribution is 5.94. The molecule has 2 rings (SSSR count). The molecule has 0 bridgehead atoms. The first-order valence-corrected chi connectivity index (χ1v) is 7.07. The van der Waals surface area contributed by atoms with Gasteiger partial charge in [-0.25, -0.2) is 4.39 Å². The summed E-state index contributed by atoms with van der Waals surface area (Å²) < 4.78 is 13.3. The average molecular weight is 279 g/mol. The molecule has 1 fully saturated rings. The van der Waals surface area contributed by atoms with Crippen LogP contribution in [0.3, 0.4) is 0 Å². The van der Waals surface area contributed by atoms with Gasteiger partial charge in [0.15, 0.2) is 0 Å². The van der Waals surface area contributed by atoms with Crippen LogP contribution in [0.4, 0.5) is 10.1 Å². The molecule has 1 amide bonds. The Morgan fingerprint density at radius 3 is 2.90 bits per heavy atom. The Morgan fingerprint density at radius 1 is 1.50 bits per heavy atom. The molecule has 1 heterocycles. The fourth-order valence-corrected chi connectivity index (χ4v) is 2.87. The predicted molar refractivity (Wildman–Crippen MR) is 78.0 cm³/mol. The van der Waals surface area contributed by atoms with Gasteiger partial charge in [0.1, 0.15) is 5.82 Å². The van der Waals surface area contributed by atoms with Crippen LogP contribution in [-0.4, -0.2) is 48.4 Å². The van der Waals surface area contributed by atoms with Gasteiger partial charge in [-0.15, -0.1) is 0 Å². The fraction of sp³-hybridized carbons (Fsp3) is 0.533. The quantitative estimate of drug-likeness (QED) is 0.857. The third-order valence-electron chi connectivity index (χ3n) is 3.90. The number of halogens is 1. The van der Waals surface area contributed by atoms with Crippen LogP contribution in [-0.2, 0) is 0 Å². The first kappa shape index (κ1) is 14.8. The normalized spacial score (nSPS) is 19.2. The van der Waals surface area contributed by atoms with Crippen molar-refractivity contribution in [1.29, 1.82) is 0 Å². The zero-order valence-corrected chi connectivity index (χ0v) is 12.1. The molecule has 0 radical (unpaired) electrons. The van der Waals surface area contributed by atoms with Crippen molar-refractivity contribution in [3.05, 3.63) is 29.6 Å². The van der Waals surface area contributed by atoms with E-state index in [2.05, 4.69) is 11.8 Å². The average Bonchev–Trinajstić information content (AvgIpc) is 2.83. The summed E-state index contributed by atoms with van der Waals surface area (Å²) in [4.78, 5) is 16.4. The Morgan fingerprint density at radius 2 is 2.25 bits per heavy atom. The van der Waals surface area contributed by atoms with Crippen LogP contribution in [0.5, 0.6) is 0 Å². The Bertz CT molecular complexity index is 472. The number of nitrogen functional groups attached to an aromatic ring is 1. The maximum absolute atomic E-state index is 13.3. The van der Waals surface area contributed by atoms with Gasteiger partial charge >= 0.3 is 0 Å². The topological polar surface area (TPSA) is 49.6 Å². The fourth-order valence-electron chi connectivity index (χ4n) is 2.87. The predicted octanol–water partition coefficient (Wildman–Crippen LogP) is 1.96. The van der Waals surface area contributed by atoms with Gasteiger partial charge in [0.25, 0.3) is 5.91 Å². The number of likely N-dealkylation sites (tertiary alicyclic amines) is 1. The van der Waals surface area contributed by atoms with Crippen LogP contribution in [0, 0.1) is 5.82 Å². The molecule has 1 saturated heterocycles. The van der Waals surface area contributed by atoms with Crippen molar-refractivity contribution in [2.45, 2.75) is 25.8 Å². The van der Waals surface area contributed by atoms with Crippen molar-refractivity contribution in [2.75, 3.05) is 32.4 Å². The van der Waals surface area contributed by atoms with Crippen LogP contribution in [0.1, 0.15) is 30.1 Å². The van der Waals surface area contributed by atoms with Gasteiger partial charge in [-0.2, -0.15) is 0 Å². The number of rotatable bonds is 4. The van der Waals surface area contributed by atoms with E-state index in [1.807, 2.05) is 0 Å². The van der Waals surface area contributed by atoms with Gasteiger partial charge in [0, 0.05) is 30.9 Å². The van der Waals surface area contributed by atoms with Crippen LogP contribution in [0.25, 0.3) is 0 Å². The molecule has 0 saturated carbocycles. The number of amides is 1. The van der Waals surface area contributed by atoms with E-state index in [1.54, 1.807) is 11.9 Å². The van der Waals surface area contributed by atoms with Crippen molar-refractivity contribution in [1.82, 2.24) is 9.80 Å². The molecule has 0 aromatic heterocycles. The van der Waals surface area contributed by atoms with Gasteiger partial charge < -0.3 is 10.6 Å². The van der Waals surface area contributed by atoms with Gasteiger partial charge in [-0.05, 0) is 44.1 Å². The third-order valence-corrected chi connectivity index (χ3v) is 3.90. The summed E-state index contributed by atoms with van der Waals surface area (Å²) in [7, 11) is 1.76. The zero-order chi connectivity index (χ0) is 14.7. The molecule has 1 aromatic rings. The van der Waals surface area contributed by atoms with E-state index in [9.17, 15) is 9.18 Å². The van der Waals surface area contributed by atoms with Crippen LogP contribution in [0.15, 0.2) is 18.2 Å². The van der Waals surface area contributed by atoms with E-state index in [4.69, 9.17) is 5.73 Å². The summed E-state index contributed by atoms with van der Waals surface area (Å²) in [5, 5.41) is 0. The number of carbonyl (C=O) groups excluding carboxylic acids is 1. The molecular formula is C15H22FN3O. The molecule has 1 aliphatic heterocycles. The molecule has 0 spiro atoms. The summed E-state index contributed by atoms with van der Waals surface area (Å²) in [5.41, 5.74) is 6.17. The zero-order valence-electron chi connectivity index (χ0n) is 12.1. The number of anilines is 1. The van der Waals surface area contributed by atoms with Crippen LogP contribution in [0.2, 0.25) is 0 Å². The number of hydrogen-bond acceptors (Lipinski definition) is 3. The van der Waals surface area contributed by atoms with Crippen molar-refractivity contribution in [3.63, 3.8) is 0 Å². The van der Waals surface area contributed by atoms with E-state index in [0.29, 0.717) is 18.2 Å². The van der Waals surface area contributed by atoms with E-state index >= 15 is 0 Å². The molecule has 5 heteroatoms. The van der Waals surface area contributed by atoms with E-state index in [-0.39, 0.29) is 11.6 Å². The van der Waals surface area contributed by atoms with Crippen molar-refractivity contribution in [3.8, 4) is 0 Å². The number of carbonyl (C=O) groups is 1. The molecule has 1 atom stereocenters. The van der Waals surface area contributed by atoms with Gasteiger partial charge in [-0.3, -0.25) is 9.69 Å². The van der Waals surface area contributed by atoms with Crippen LogP contribution >= 0.6 is 0 Å². The van der Waals surface area contributed by atoms with Crippen molar-refractivity contribution < 1.29 is 9.18 Å². The van der Waals surface area contributed by atoms with E-state index in [1.165, 1.54) is 24.6 Å². The molecule has 1 unspecified atom stereocenters. The van der Waals surface area contributed by atoms with Gasteiger partial charge in [0.2, 0.25) is 0 Å². The summed E-state index contributed by atoms with van der Waals surface area (Å²) in [6.07, 6.45) is 2.28. The first-order valence-electron chi connectivity index (χ1n) is 7.07. The van der Waals surface area contributed by atoms with Crippen molar-refractivity contribution in [2.24, 2.45) is 0 Å². The maximum Gasteiger partial charge on any atom is 0.253 e. The number of hydrogen-bond donors (Lipinski definition) is 1. The number of benzene rings is 1. The Hall–Kier alpha value is -1.62. The second-order valence-corrected chi connectivity index (χ2v) is 5.38. The molecule has 110 valence electrons. The Kier molecular flexibility index (Phi) is 4.60. The third kappa shape index (κ3) is 3.28. The molecule has 4 nitrogen and oxygen atoms in total. The highest BCUT2D eigenvalue weighted by Crippen LogP contribution is 2.19. The molecule has 20 heavy (non-hydrogen) atoms. The van der Waals surface area contributed by atoms with Crippen LogP contribution < -0.4 is 5.73 Å². The second kappa shape index (κ2) is 6.22. The minimum atomic E-state index is -0.474. The molecule has 2 N–H and O–H groups in total. The lowest BCUT2D eigenvalue weighted by atomic mass is 10.1. The summed E-state index contributed by atoms with van der Waals surface area (Å²) in [6, 6.07) is 4.38. The standard InChI is InChI=1S/C15H22FN3O/c1-3-19-6-4-5-14(19)10-18(2)15(20)11-7-12(16)9-13(17)8-11/h7-9,14H,3-6,10,17H2,1-2H3. The summed E-state index contributed by atoms with van der Waals surface area (Å²) in [6.45, 7) is 4.90. The number of likely N-dealkylation sites (N-methyl/N-ethyl adjacent to an activating group) is 2. The first-order chi connectivity index (χ1) is 9.51. The molecule has 0 aliphatic carbocycles. The second-order valence-electron chi connectivity index (χ2n) is 5.38. The Balaban J connectivity index is 2.04. The highest BCUT2D eigenvalue weighted by atomic mass is 19.1. The molecule has 1 aliphatic rings. The lowest BCUT2D eigenvalue weighted by molar-refractivity contribution is 0.0754. The summed E-state index contributed by atoms with van der Waals surface area (Å²) in [5.74, 6) is -0.656. The lowest BCUT2D eigenvalue weighted by Crippen LogP contribution is -2.41. The van der Waals surface area contributed by atoms with Gasteiger partial charge in [0.05, 0.1) is 0 Å². The number of nitrogens with two attached hydrogens (primary N) is 1. The minimum absolute atomic E-state index is 0.181. The minimum Gasteiger partial charge on any atom is -0.399 e. The SMILES string of the molecule is CCN1CCCC1CN(C)C(=O)c1cc(N)cc(F)c1. The highest BCUT2D eigenvalue weighted by Gasteiger charge is 2.26. The monoisotopic (exact) mass is 279 g/mol. The molecule has 1 aromatic carbocycles. The maximum atomic E-state index is 13.3. The van der Waals surface area contributed by atoms with Crippen molar-refractivity contribution >= 4 is 11.6 Å². The lowest BCUT2D eigenvalue weighted by Gasteiger charge is -2.27. The largest absolute Gasteiger partial charge is 0.399 e.